The molecule has 1 heterocycles. The van der Waals surface area contributed by atoms with Gasteiger partial charge >= 0.3 is 0 Å². The standard InChI is InChI=1S/C22H20N4O3S/c1-14-3-10-18(11-4-14)30(28,29)26-22-21(23-16-6-8-17(27)9-7-16)25-20-13-15(2)5-12-19(20)24-22/h3-13,27H,1-2H3,(H,23,25)(H,24,26). The maximum Gasteiger partial charge on any atom is 0.263 e. The maximum absolute atomic E-state index is 12.9. The molecule has 8 heteroatoms. The van der Waals surface area contributed by atoms with E-state index in [1.807, 2.05) is 26.0 Å². The van der Waals surface area contributed by atoms with Gasteiger partial charge in [-0.1, -0.05) is 23.8 Å². The number of hydrogen-bond donors (Lipinski definition) is 3. The second kappa shape index (κ2) is 7.64. The summed E-state index contributed by atoms with van der Waals surface area (Å²) in [7, 11) is -3.86. The van der Waals surface area contributed by atoms with Crippen molar-refractivity contribution in [1.82, 2.24) is 9.97 Å². The lowest BCUT2D eigenvalue weighted by molar-refractivity contribution is 0.475. The van der Waals surface area contributed by atoms with Crippen LogP contribution in [-0.4, -0.2) is 23.5 Å². The van der Waals surface area contributed by atoms with Crippen LogP contribution in [0.4, 0.5) is 17.3 Å². The van der Waals surface area contributed by atoms with E-state index in [2.05, 4.69) is 20.0 Å². The Bertz CT molecular complexity index is 1320. The Morgan fingerprint density at radius 1 is 0.767 bits per heavy atom. The highest BCUT2D eigenvalue weighted by molar-refractivity contribution is 7.92. The third kappa shape index (κ3) is 4.18. The van der Waals surface area contributed by atoms with E-state index in [1.165, 1.54) is 12.1 Å². The molecule has 0 aliphatic heterocycles. The third-order valence-electron chi connectivity index (χ3n) is 4.51. The molecule has 0 spiro atoms. The Hall–Kier alpha value is -3.65. The summed E-state index contributed by atoms with van der Waals surface area (Å²) in [5, 5.41) is 12.6. The molecular weight excluding hydrogens is 400 g/mol. The number of fused-ring (bicyclic) bond motifs is 1. The number of phenols is 1. The van der Waals surface area contributed by atoms with Gasteiger partial charge in [-0.05, 0) is 67.9 Å². The summed E-state index contributed by atoms with van der Waals surface area (Å²) >= 11 is 0. The Morgan fingerprint density at radius 2 is 1.40 bits per heavy atom. The lowest BCUT2D eigenvalue weighted by atomic mass is 10.2. The topological polar surface area (TPSA) is 104 Å². The Morgan fingerprint density at radius 3 is 2.10 bits per heavy atom. The molecule has 7 nitrogen and oxygen atoms in total. The van der Waals surface area contributed by atoms with Crippen molar-refractivity contribution < 1.29 is 13.5 Å². The van der Waals surface area contributed by atoms with Gasteiger partial charge in [0.25, 0.3) is 10.0 Å². The van der Waals surface area contributed by atoms with E-state index in [9.17, 15) is 13.5 Å². The molecule has 1 aromatic heterocycles. The van der Waals surface area contributed by atoms with E-state index < -0.39 is 10.0 Å². The maximum atomic E-state index is 12.9. The van der Waals surface area contributed by atoms with Crippen LogP contribution < -0.4 is 10.0 Å². The van der Waals surface area contributed by atoms with Gasteiger partial charge in [-0.3, -0.25) is 4.72 Å². The number of nitrogens with zero attached hydrogens (tertiary/aromatic N) is 2. The number of nitrogens with one attached hydrogen (secondary N) is 2. The van der Waals surface area contributed by atoms with Crippen molar-refractivity contribution in [3.05, 3.63) is 77.9 Å². The van der Waals surface area contributed by atoms with Crippen molar-refractivity contribution in [3.63, 3.8) is 0 Å². The van der Waals surface area contributed by atoms with Crippen LogP contribution in [0.1, 0.15) is 11.1 Å². The van der Waals surface area contributed by atoms with Crippen molar-refractivity contribution in [3.8, 4) is 5.75 Å². The summed E-state index contributed by atoms with van der Waals surface area (Å²) in [6, 6.07) is 18.5. The summed E-state index contributed by atoms with van der Waals surface area (Å²) in [6.45, 7) is 3.84. The Labute approximate surface area is 174 Å². The molecule has 0 unspecified atom stereocenters. The van der Waals surface area contributed by atoms with Crippen LogP contribution >= 0.6 is 0 Å². The quantitative estimate of drug-likeness (QED) is 0.411. The van der Waals surface area contributed by atoms with Gasteiger partial charge in [0.15, 0.2) is 11.6 Å². The van der Waals surface area contributed by atoms with Crippen LogP contribution in [0.5, 0.6) is 5.75 Å². The van der Waals surface area contributed by atoms with Crippen molar-refractivity contribution >= 4 is 38.4 Å². The number of aromatic hydroxyl groups is 1. The number of phenolic OH excluding ortho intramolecular Hbond substituents is 1. The zero-order valence-electron chi connectivity index (χ0n) is 16.4. The molecule has 0 saturated heterocycles. The van der Waals surface area contributed by atoms with E-state index in [0.29, 0.717) is 16.7 Å². The van der Waals surface area contributed by atoms with Gasteiger partial charge in [-0.25, -0.2) is 18.4 Å². The molecule has 0 amide bonds. The SMILES string of the molecule is Cc1ccc(S(=O)(=O)Nc2nc3ccc(C)cc3nc2Nc2ccc(O)cc2)cc1. The lowest BCUT2D eigenvalue weighted by Gasteiger charge is -2.14. The van der Waals surface area contributed by atoms with Crippen molar-refractivity contribution in [1.29, 1.82) is 0 Å². The highest BCUT2D eigenvalue weighted by atomic mass is 32.2. The molecule has 3 aromatic carbocycles. The van der Waals surface area contributed by atoms with Crippen molar-refractivity contribution in [2.75, 3.05) is 10.0 Å². The summed E-state index contributed by atoms with van der Waals surface area (Å²) < 4.78 is 28.4. The second-order valence-electron chi connectivity index (χ2n) is 7.00. The van der Waals surface area contributed by atoms with E-state index in [-0.39, 0.29) is 22.3 Å². The monoisotopic (exact) mass is 420 g/mol. The van der Waals surface area contributed by atoms with Crippen LogP contribution in [-0.2, 0) is 10.0 Å². The number of benzene rings is 3. The van der Waals surface area contributed by atoms with Gasteiger partial charge in [0, 0.05) is 5.69 Å². The number of rotatable bonds is 5. The highest BCUT2D eigenvalue weighted by Crippen LogP contribution is 2.28. The van der Waals surface area contributed by atoms with Gasteiger partial charge in [0.1, 0.15) is 5.75 Å². The summed E-state index contributed by atoms with van der Waals surface area (Å²) in [4.78, 5) is 9.21. The zero-order chi connectivity index (χ0) is 21.3. The van der Waals surface area contributed by atoms with Crippen LogP contribution in [0.25, 0.3) is 11.0 Å². The first-order valence-electron chi connectivity index (χ1n) is 9.24. The van der Waals surface area contributed by atoms with Gasteiger partial charge in [0.2, 0.25) is 0 Å². The van der Waals surface area contributed by atoms with Gasteiger partial charge in [-0.2, -0.15) is 0 Å². The number of anilines is 3. The van der Waals surface area contributed by atoms with E-state index >= 15 is 0 Å². The third-order valence-corrected chi connectivity index (χ3v) is 5.87. The molecule has 0 saturated carbocycles. The molecule has 0 atom stereocenters. The lowest BCUT2D eigenvalue weighted by Crippen LogP contribution is -2.16. The summed E-state index contributed by atoms with van der Waals surface area (Å²) in [6.07, 6.45) is 0. The molecule has 4 aromatic rings. The number of aromatic nitrogens is 2. The normalized spacial score (nSPS) is 11.4. The predicted octanol–water partition coefficient (Wildman–Crippen LogP) is 4.50. The fraction of sp³-hybridized carbons (Fsp3) is 0.0909. The molecule has 0 fully saturated rings. The van der Waals surface area contributed by atoms with Crippen LogP contribution in [0.15, 0.2) is 71.6 Å². The minimum Gasteiger partial charge on any atom is -0.508 e. The van der Waals surface area contributed by atoms with Crippen LogP contribution in [0.3, 0.4) is 0 Å². The largest absolute Gasteiger partial charge is 0.508 e. The van der Waals surface area contributed by atoms with Crippen LogP contribution in [0.2, 0.25) is 0 Å². The number of sulfonamides is 1. The minimum absolute atomic E-state index is 0.0833. The number of aryl methyl sites for hydroxylation is 2. The molecule has 30 heavy (non-hydrogen) atoms. The van der Waals surface area contributed by atoms with Crippen molar-refractivity contribution in [2.24, 2.45) is 0 Å². The summed E-state index contributed by atoms with van der Waals surface area (Å²) in [5.41, 5.74) is 3.81. The molecule has 4 rings (SSSR count). The van der Waals surface area contributed by atoms with Gasteiger partial charge in [-0.15, -0.1) is 0 Å². The molecule has 152 valence electrons. The van der Waals surface area contributed by atoms with E-state index in [4.69, 9.17) is 0 Å². The molecule has 3 N–H and O–H groups in total. The first kappa shape index (κ1) is 19.7. The van der Waals surface area contributed by atoms with Crippen molar-refractivity contribution in [2.45, 2.75) is 18.7 Å². The van der Waals surface area contributed by atoms with Gasteiger partial charge in [0.05, 0.1) is 15.9 Å². The average Bonchev–Trinajstić information content (AvgIpc) is 2.70. The first-order valence-corrected chi connectivity index (χ1v) is 10.7. The van der Waals surface area contributed by atoms with Gasteiger partial charge < -0.3 is 10.4 Å². The predicted molar refractivity (Wildman–Crippen MR) is 118 cm³/mol. The minimum atomic E-state index is -3.86. The second-order valence-corrected chi connectivity index (χ2v) is 8.69. The molecule has 0 aliphatic rings. The molecular formula is C22H20N4O3S. The molecule has 0 aliphatic carbocycles. The smallest absolute Gasteiger partial charge is 0.263 e. The Balaban J connectivity index is 1.79. The first-order chi connectivity index (χ1) is 14.3. The molecule has 0 bridgehead atoms. The summed E-state index contributed by atoms with van der Waals surface area (Å²) in [5.74, 6) is 0.468. The Kier molecular flexibility index (Phi) is 5.01. The fourth-order valence-corrected chi connectivity index (χ4v) is 3.92. The van der Waals surface area contributed by atoms with E-state index in [1.54, 1.807) is 42.5 Å². The highest BCUT2D eigenvalue weighted by Gasteiger charge is 2.19. The van der Waals surface area contributed by atoms with E-state index in [0.717, 1.165) is 11.1 Å². The zero-order valence-corrected chi connectivity index (χ0v) is 17.2. The number of hydrogen-bond acceptors (Lipinski definition) is 6. The molecule has 0 radical (unpaired) electrons. The fourth-order valence-electron chi connectivity index (χ4n) is 2.91. The average molecular weight is 420 g/mol. The van der Waals surface area contributed by atoms with Crippen LogP contribution in [0, 0.1) is 13.8 Å².